The summed E-state index contributed by atoms with van der Waals surface area (Å²) < 4.78 is 32.9. The van der Waals surface area contributed by atoms with Gasteiger partial charge in [-0.05, 0) is 57.7 Å². The number of ether oxygens (including phenoxy) is 6. The summed E-state index contributed by atoms with van der Waals surface area (Å²) in [6.07, 6.45) is -0.626. The van der Waals surface area contributed by atoms with Gasteiger partial charge < -0.3 is 38.6 Å². The number of hydrogen-bond acceptors (Lipinski definition) is 8. The van der Waals surface area contributed by atoms with E-state index in [2.05, 4.69) is 0 Å². The number of rotatable bonds is 20. The van der Waals surface area contributed by atoms with Gasteiger partial charge in [0.05, 0.1) is 37.6 Å². The van der Waals surface area contributed by atoms with E-state index in [4.69, 9.17) is 28.4 Å². The second-order valence-corrected chi connectivity index (χ2v) is 7.07. The molecular weight excluding hydrogens is 448 g/mol. The van der Waals surface area contributed by atoms with Gasteiger partial charge in [0.2, 0.25) is 0 Å². The summed E-state index contributed by atoms with van der Waals surface area (Å²) in [7, 11) is 0. The lowest BCUT2D eigenvalue weighted by molar-refractivity contribution is -0.167. The van der Waals surface area contributed by atoms with Gasteiger partial charge in [0.15, 0.2) is 12.6 Å². The summed E-state index contributed by atoms with van der Waals surface area (Å²) in [6, 6.07) is 2.94. The summed E-state index contributed by atoms with van der Waals surface area (Å²) in [6.45, 7) is 9.97. The van der Waals surface area contributed by atoms with Crippen LogP contribution in [0.2, 0.25) is 0 Å². The number of benzene rings is 1. The van der Waals surface area contributed by atoms with Crippen molar-refractivity contribution in [2.24, 2.45) is 0 Å². The molecule has 0 heterocycles. The Morgan fingerprint density at radius 1 is 0.735 bits per heavy atom. The number of aromatic carboxylic acids is 2. The number of carboxylic acid groups (broad SMARTS) is 2. The molecule has 10 nitrogen and oxygen atoms in total. The van der Waals surface area contributed by atoms with Crippen LogP contribution in [-0.4, -0.2) is 87.6 Å². The standard InChI is InChI=1S/C24H38O10/c1-5-31-20(32-6-2)15-29-13-11-17-9-10-19(23(25)26)18(22(17)24(27)28)12-14-30-16-21(33-7-3)34-8-4/h9-10,20-21H,5-8,11-16H2,1-4H3,(H,25,26)(H,27,28). The van der Waals surface area contributed by atoms with E-state index in [1.54, 1.807) is 0 Å². The molecule has 34 heavy (non-hydrogen) atoms. The van der Waals surface area contributed by atoms with Crippen molar-refractivity contribution in [3.05, 3.63) is 34.4 Å². The van der Waals surface area contributed by atoms with Gasteiger partial charge in [-0.1, -0.05) is 6.07 Å². The van der Waals surface area contributed by atoms with Gasteiger partial charge >= 0.3 is 11.9 Å². The Labute approximate surface area is 201 Å². The highest BCUT2D eigenvalue weighted by molar-refractivity contribution is 5.97. The first-order valence-electron chi connectivity index (χ1n) is 11.6. The van der Waals surface area contributed by atoms with E-state index in [1.807, 2.05) is 27.7 Å². The molecule has 2 N–H and O–H groups in total. The van der Waals surface area contributed by atoms with Gasteiger partial charge in [-0.15, -0.1) is 0 Å². The molecule has 0 fully saturated rings. The van der Waals surface area contributed by atoms with E-state index in [0.29, 0.717) is 32.0 Å². The zero-order chi connectivity index (χ0) is 25.3. The van der Waals surface area contributed by atoms with Gasteiger partial charge in [-0.25, -0.2) is 9.59 Å². The summed E-state index contributed by atoms with van der Waals surface area (Å²) in [5, 5.41) is 19.5. The van der Waals surface area contributed by atoms with Crippen LogP contribution in [0.1, 0.15) is 59.5 Å². The Kier molecular flexibility index (Phi) is 15.3. The second-order valence-electron chi connectivity index (χ2n) is 7.07. The minimum absolute atomic E-state index is 0.0376. The Hall–Kier alpha value is -2.08. The fourth-order valence-electron chi connectivity index (χ4n) is 3.38. The molecule has 0 spiro atoms. The molecule has 0 aromatic heterocycles. The SMILES string of the molecule is CCOC(COCCc1ccc(C(=O)O)c(CCOCC(OCC)OCC)c1C(=O)O)OCC. The molecule has 194 valence electrons. The largest absolute Gasteiger partial charge is 0.478 e. The van der Waals surface area contributed by atoms with E-state index < -0.39 is 24.5 Å². The van der Waals surface area contributed by atoms with Crippen LogP contribution in [0.25, 0.3) is 0 Å². The van der Waals surface area contributed by atoms with Crippen LogP contribution in [0.5, 0.6) is 0 Å². The van der Waals surface area contributed by atoms with Gasteiger partial charge in [0, 0.05) is 26.4 Å². The minimum atomic E-state index is -1.20. The van der Waals surface area contributed by atoms with Crippen molar-refractivity contribution in [2.75, 3.05) is 52.9 Å². The van der Waals surface area contributed by atoms with Crippen molar-refractivity contribution in [1.82, 2.24) is 0 Å². The Bertz CT molecular complexity index is 725. The fourth-order valence-corrected chi connectivity index (χ4v) is 3.38. The topological polar surface area (TPSA) is 130 Å². The zero-order valence-corrected chi connectivity index (χ0v) is 20.5. The van der Waals surface area contributed by atoms with Crippen molar-refractivity contribution in [3.63, 3.8) is 0 Å². The summed E-state index contributed by atoms with van der Waals surface area (Å²) in [5.74, 6) is -2.39. The lowest BCUT2D eigenvalue weighted by Gasteiger charge is -2.19. The monoisotopic (exact) mass is 486 g/mol. The van der Waals surface area contributed by atoms with Crippen LogP contribution >= 0.6 is 0 Å². The Balaban J connectivity index is 2.89. The zero-order valence-electron chi connectivity index (χ0n) is 20.5. The third-order valence-corrected chi connectivity index (χ3v) is 4.77. The molecule has 1 aromatic carbocycles. The highest BCUT2D eigenvalue weighted by Gasteiger charge is 2.22. The maximum Gasteiger partial charge on any atom is 0.336 e. The molecule has 1 aromatic rings. The van der Waals surface area contributed by atoms with Gasteiger partial charge in [-0.2, -0.15) is 0 Å². The van der Waals surface area contributed by atoms with Crippen molar-refractivity contribution in [1.29, 1.82) is 0 Å². The highest BCUT2D eigenvalue weighted by Crippen LogP contribution is 2.22. The normalized spacial score (nSPS) is 11.5. The van der Waals surface area contributed by atoms with Crippen molar-refractivity contribution in [3.8, 4) is 0 Å². The van der Waals surface area contributed by atoms with Crippen LogP contribution in [0, 0.1) is 0 Å². The lowest BCUT2D eigenvalue weighted by Crippen LogP contribution is -2.25. The average Bonchev–Trinajstić information content (AvgIpc) is 2.79. The van der Waals surface area contributed by atoms with Crippen molar-refractivity contribution in [2.45, 2.75) is 53.1 Å². The summed E-state index contributed by atoms with van der Waals surface area (Å²) in [5.41, 5.74) is 0.593. The summed E-state index contributed by atoms with van der Waals surface area (Å²) in [4.78, 5) is 23.8. The molecule has 0 bridgehead atoms. The second kappa shape index (κ2) is 17.4. The van der Waals surface area contributed by atoms with Crippen LogP contribution < -0.4 is 0 Å². The lowest BCUT2D eigenvalue weighted by atomic mass is 9.92. The number of carboxylic acids is 2. The predicted molar refractivity (Wildman–Crippen MR) is 123 cm³/mol. The molecular formula is C24H38O10. The Morgan fingerprint density at radius 2 is 1.21 bits per heavy atom. The molecule has 0 amide bonds. The van der Waals surface area contributed by atoms with Crippen molar-refractivity contribution < 1.29 is 48.2 Å². The average molecular weight is 487 g/mol. The molecule has 0 aliphatic carbocycles. The highest BCUT2D eigenvalue weighted by atomic mass is 16.7. The first kappa shape index (κ1) is 30.0. The maximum atomic E-state index is 12.1. The van der Waals surface area contributed by atoms with E-state index in [1.165, 1.54) is 12.1 Å². The fraction of sp³-hybridized carbons (Fsp3) is 0.667. The quantitative estimate of drug-likeness (QED) is 0.209. The van der Waals surface area contributed by atoms with Gasteiger partial charge in [-0.3, -0.25) is 0 Å². The van der Waals surface area contributed by atoms with Crippen LogP contribution in [-0.2, 0) is 41.3 Å². The van der Waals surface area contributed by atoms with E-state index in [9.17, 15) is 19.8 Å². The van der Waals surface area contributed by atoms with Crippen LogP contribution in [0.4, 0.5) is 0 Å². The maximum absolute atomic E-state index is 12.1. The van der Waals surface area contributed by atoms with E-state index in [-0.39, 0.29) is 56.0 Å². The molecule has 0 unspecified atom stereocenters. The van der Waals surface area contributed by atoms with Crippen LogP contribution in [0.15, 0.2) is 12.1 Å². The third kappa shape index (κ3) is 10.5. The smallest absolute Gasteiger partial charge is 0.336 e. The molecule has 0 saturated heterocycles. The van der Waals surface area contributed by atoms with E-state index in [0.717, 1.165) is 0 Å². The molecule has 0 aliphatic rings. The molecule has 0 radical (unpaired) electrons. The molecule has 10 heteroatoms. The predicted octanol–water partition coefficient (Wildman–Crippen LogP) is 3.00. The molecule has 0 aliphatic heterocycles. The molecule has 1 rings (SSSR count). The van der Waals surface area contributed by atoms with Crippen molar-refractivity contribution >= 4 is 11.9 Å². The van der Waals surface area contributed by atoms with Crippen LogP contribution in [0.3, 0.4) is 0 Å². The number of hydrogen-bond donors (Lipinski definition) is 2. The summed E-state index contributed by atoms with van der Waals surface area (Å²) >= 11 is 0. The van der Waals surface area contributed by atoms with Gasteiger partial charge in [0.1, 0.15) is 0 Å². The first-order chi connectivity index (χ1) is 16.4. The number of carbonyl (C=O) groups is 2. The molecule has 0 atom stereocenters. The third-order valence-electron chi connectivity index (χ3n) is 4.77. The minimum Gasteiger partial charge on any atom is -0.478 e. The Morgan fingerprint density at radius 3 is 1.62 bits per heavy atom. The molecule has 0 saturated carbocycles. The van der Waals surface area contributed by atoms with Gasteiger partial charge in [0.25, 0.3) is 0 Å². The van der Waals surface area contributed by atoms with E-state index >= 15 is 0 Å². The first-order valence-corrected chi connectivity index (χ1v) is 11.6.